The molecule has 0 radical (unpaired) electrons. The molecular weight excluding hydrogens is 338 g/mol. The molecule has 1 N–H and O–H groups in total. The molecule has 0 unspecified atom stereocenters. The van der Waals surface area contributed by atoms with Crippen molar-refractivity contribution in [2.45, 2.75) is 6.92 Å². The maximum atomic E-state index is 11.9. The topological polar surface area (TPSA) is 90.9 Å². The van der Waals surface area contributed by atoms with Crippen LogP contribution < -0.4 is 14.8 Å². The molecule has 2 aromatic rings. The van der Waals surface area contributed by atoms with Crippen molar-refractivity contribution in [1.82, 2.24) is 0 Å². The second-order valence-electron chi connectivity index (χ2n) is 5.08. The van der Waals surface area contributed by atoms with E-state index in [0.717, 1.165) is 0 Å². The third-order valence-corrected chi connectivity index (χ3v) is 3.22. The maximum absolute atomic E-state index is 11.9. The minimum absolute atomic E-state index is 0.273. The van der Waals surface area contributed by atoms with E-state index in [1.54, 1.807) is 48.5 Å². The minimum Gasteiger partial charge on any atom is -0.492 e. The molecule has 0 aliphatic rings. The summed E-state index contributed by atoms with van der Waals surface area (Å²) in [5.41, 5.74) is 0.817. The van der Waals surface area contributed by atoms with Crippen LogP contribution in [-0.4, -0.2) is 38.0 Å². The van der Waals surface area contributed by atoms with Crippen molar-refractivity contribution in [3.63, 3.8) is 0 Å². The number of amides is 1. The SMILES string of the molecule is CCOc1ccccc1NC(=O)COC(=O)COc1ccccc1C=O. The van der Waals surface area contributed by atoms with E-state index in [1.165, 1.54) is 0 Å². The highest BCUT2D eigenvalue weighted by Gasteiger charge is 2.12. The summed E-state index contributed by atoms with van der Waals surface area (Å²) in [7, 11) is 0. The van der Waals surface area contributed by atoms with Gasteiger partial charge in [-0.15, -0.1) is 0 Å². The van der Waals surface area contributed by atoms with Crippen LogP contribution in [-0.2, 0) is 14.3 Å². The van der Waals surface area contributed by atoms with Crippen molar-refractivity contribution in [1.29, 1.82) is 0 Å². The molecule has 0 bridgehead atoms. The Morgan fingerprint density at radius 1 is 0.962 bits per heavy atom. The van der Waals surface area contributed by atoms with E-state index >= 15 is 0 Å². The van der Waals surface area contributed by atoms with Gasteiger partial charge in [-0.3, -0.25) is 9.59 Å². The summed E-state index contributed by atoms with van der Waals surface area (Å²) < 4.78 is 15.5. The van der Waals surface area contributed by atoms with Gasteiger partial charge in [0.2, 0.25) is 0 Å². The number of benzene rings is 2. The first-order valence-corrected chi connectivity index (χ1v) is 7.98. The molecule has 0 saturated carbocycles. The van der Waals surface area contributed by atoms with Crippen molar-refractivity contribution in [2.24, 2.45) is 0 Å². The van der Waals surface area contributed by atoms with Gasteiger partial charge in [-0.2, -0.15) is 0 Å². The molecule has 0 fully saturated rings. The number of carbonyl (C=O) groups excluding carboxylic acids is 3. The van der Waals surface area contributed by atoms with Gasteiger partial charge in [-0.05, 0) is 31.2 Å². The Hall–Kier alpha value is -3.35. The number of hydrogen-bond acceptors (Lipinski definition) is 6. The standard InChI is InChI=1S/C19H19NO6/c1-2-24-17-10-6-4-8-15(17)20-18(22)12-26-19(23)13-25-16-9-5-3-7-14(16)11-21/h3-11H,2,12-13H2,1H3,(H,20,22). The number of carbonyl (C=O) groups is 3. The van der Waals surface area contributed by atoms with Crippen LogP contribution in [0, 0.1) is 0 Å². The predicted octanol–water partition coefficient (Wildman–Crippen LogP) is 2.46. The van der Waals surface area contributed by atoms with Gasteiger partial charge >= 0.3 is 5.97 Å². The lowest BCUT2D eigenvalue weighted by Gasteiger charge is -2.11. The molecule has 2 rings (SSSR count). The number of para-hydroxylation sites is 3. The summed E-state index contributed by atoms with van der Waals surface area (Å²) in [4.78, 5) is 34.5. The largest absolute Gasteiger partial charge is 0.492 e. The van der Waals surface area contributed by atoms with Gasteiger partial charge < -0.3 is 19.5 Å². The van der Waals surface area contributed by atoms with E-state index in [2.05, 4.69) is 5.32 Å². The second kappa shape index (κ2) is 9.83. The van der Waals surface area contributed by atoms with E-state index < -0.39 is 25.1 Å². The van der Waals surface area contributed by atoms with Crippen molar-refractivity contribution in [3.05, 3.63) is 54.1 Å². The number of rotatable bonds is 9. The predicted molar refractivity (Wildman–Crippen MR) is 94.5 cm³/mol. The molecule has 0 heterocycles. The van der Waals surface area contributed by atoms with E-state index in [0.29, 0.717) is 29.9 Å². The van der Waals surface area contributed by atoms with Gasteiger partial charge in [0.15, 0.2) is 19.5 Å². The number of anilines is 1. The van der Waals surface area contributed by atoms with Crippen LogP contribution in [0.25, 0.3) is 0 Å². The van der Waals surface area contributed by atoms with Crippen LogP contribution in [0.4, 0.5) is 5.69 Å². The number of esters is 1. The molecule has 0 aliphatic heterocycles. The average molecular weight is 357 g/mol. The van der Waals surface area contributed by atoms with Crippen molar-refractivity contribution < 1.29 is 28.6 Å². The smallest absolute Gasteiger partial charge is 0.344 e. The van der Waals surface area contributed by atoms with Crippen LogP contribution in [0.2, 0.25) is 0 Å². The van der Waals surface area contributed by atoms with Crippen LogP contribution in [0.15, 0.2) is 48.5 Å². The zero-order valence-corrected chi connectivity index (χ0v) is 14.3. The highest BCUT2D eigenvalue weighted by atomic mass is 16.6. The van der Waals surface area contributed by atoms with Gasteiger partial charge in [-0.25, -0.2) is 4.79 Å². The molecule has 26 heavy (non-hydrogen) atoms. The lowest BCUT2D eigenvalue weighted by atomic mass is 10.2. The van der Waals surface area contributed by atoms with Gasteiger partial charge in [0.1, 0.15) is 11.5 Å². The highest BCUT2D eigenvalue weighted by Crippen LogP contribution is 2.23. The van der Waals surface area contributed by atoms with Crippen molar-refractivity contribution in [2.75, 3.05) is 25.1 Å². The van der Waals surface area contributed by atoms with Crippen LogP contribution in [0.3, 0.4) is 0 Å². The van der Waals surface area contributed by atoms with Crippen molar-refractivity contribution in [3.8, 4) is 11.5 Å². The minimum atomic E-state index is -0.723. The van der Waals surface area contributed by atoms with E-state index in [1.807, 2.05) is 6.92 Å². The Balaban J connectivity index is 1.80. The summed E-state index contributed by atoms with van der Waals surface area (Å²) in [6, 6.07) is 13.4. The third-order valence-electron chi connectivity index (χ3n) is 3.22. The molecule has 7 nitrogen and oxygen atoms in total. The average Bonchev–Trinajstić information content (AvgIpc) is 2.66. The van der Waals surface area contributed by atoms with Crippen LogP contribution in [0.5, 0.6) is 11.5 Å². The Labute approximate surface area is 150 Å². The van der Waals surface area contributed by atoms with Gasteiger partial charge in [0, 0.05) is 0 Å². The Morgan fingerprint density at radius 2 is 1.65 bits per heavy atom. The van der Waals surface area contributed by atoms with Crippen LogP contribution in [0.1, 0.15) is 17.3 Å². The molecule has 2 aromatic carbocycles. The number of nitrogens with one attached hydrogen (secondary N) is 1. The molecule has 1 amide bonds. The van der Waals surface area contributed by atoms with Crippen LogP contribution >= 0.6 is 0 Å². The first kappa shape index (κ1) is 19.0. The molecule has 0 spiro atoms. The first-order chi connectivity index (χ1) is 12.6. The molecule has 136 valence electrons. The number of aldehydes is 1. The van der Waals surface area contributed by atoms with E-state index in [-0.39, 0.29) is 5.75 Å². The normalized spacial score (nSPS) is 9.88. The molecule has 0 saturated heterocycles. The molecular formula is C19H19NO6. The summed E-state index contributed by atoms with van der Waals surface area (Å²) in [5, 5.41) is 2.61. The quantitative estimate of drug-likeness (QED) is 0.548. The summed E-state index contributed by atoms with van der Waals surface area (Å²) >= 11 is 0. The maximum Gasteiger partial charge on any atom is 0.344 e. The number of hydrogen-bond donors (Lipinski definition) is 1. The highest BCUT2D eigenvalue weighted by molar-refractivity contribution is 5.94. The first-order valence-electron chi connectivity index (χ1n) is 7.98. The molecule has 0 atom stereocenters. The zero-order chi connectivity index (χ0) is 18.8. The molecule has 0 aromatic heterocycles. The van der Waals surface area contributed by atoms with Gasteiger partial charge in [0.25, 0.3) is 5.91 Å². The van der Waals surface area contributed by atoms with Gasteiger partial charge in [0.05, 0.1) is 17.9 Å². The fraction of sp³-hybridized carbons (Fsp3) is 0.211. The summed E-state index contributed by atoms with van der Waals surface area (Å²) in [6.45, 7) is 1.43. The van der Waals surface area contributed by atoms with E-state index in [9.17, 15) is 14.4 Å². The Morgan fingerprint density at radius 3 is 2.38 bits per heavy atom. The summed E-state index contributed by atoms with van der Waals surface area (Å²) in [5.74, 6) is -0.421. The third kappa shape index (κ3) is 5.62. The fourth-order valence-electron chi connectivity index (χ4n) is 2.07. The Bertz CT molecular complexity index is 774. The van der Waals surface area contributed by atoms with Gasteiger partial charge in [-0.1, -0.05) is 24.3 Å². The lowest BCUT2D eigenvalue weighted by molar-refractivity contribution is -0.149. The monoisotopic (exact) mass is 357 g/mol. The number of ether oxygens (including phenoxy) is 3. The molecule has 0 aliphatic carbocycles. The molecule has 7 heteroatoms. The fourth-order valence-corrected chi connectivity index (χ4v) is 2.07. The second-order valence-corrected chi connectivity index (χ2v) is 5.08. The summed E-state index contributed by atoms with van der Waals surface area (Å²) in [6.07, 6.45) is 0.629. The lowest BCUT2D eigenvalue weighted by Crippen LogP contribution is -2.24. The van der Waals surface area contributed by atoms with Crippen molar-refractivity contribution >= 4 is 23.9 Å². The van der Waals surface area contributed by atoms with E-state index in [4.69, 9.17) is 14.2 Å². The Kier molecular flexibility index (Phi) is 7.17. The zero-order valence-electron chi connectivity index (χ0n) is 14.3.